The molecule has 3 aromatic rings. The highest BCUT2D eigenvalue weighted by atomic mass is 35.5. The van der Waals surface area contributed by atoms with Crippen LogP contribution in [0.25, 0.3) is 0 Å². The Balaban J connectivity index is 1.81. The molecule has 0 unspecified atom stereocenters. The maximum Gasteiger partial charge on any atom is 0.215 e. The van der Waals surface area contributed by atoms with Crippen molar-refractivity contribution < 1.29 is 17.9 Å². The summed E-state index contributed by atoms with van der Waals surface area (Å²) in [5, 5.41) is 13.3. The van der Waals surface area contributed by atoms with E-state index in [2.05, 4.69) is 4.72 Å². The van der Waals surface area contributed by atoms with Crippen LogP contribution in [0.2, 0.25) is 5.02 Å². The highest BCUT2D eigenvalue weighted by molar-refractivity contribution is 7.88. The Labute approximate surface area is 154 Å². The van der Waals surface area contributed by atoms with Crippen LogP contribution in [0.15, 0.2) is 64.6 Å². The number of nitrogens with one attached hydrogen (secondary N) is 1. The monoisotopic (exact) mass is 397 g/mol. The molecule has 0 fully saturated rings. The normalized spacial score (nSPS) is 14.3. The second-order valence-corrected chi connectivity index (χ2v) is 8.65. The molecule has 0 saturated carbocycles. The Hall–Kier alpha value is -1.64. The molecule has 0 aliphatic carbocycles. The first-order valence-corrected chi connectivity index (χ1v) is 10.3. The minimum absolute atomic E-state index is 0.242. The molecule has 1 aromatic carbocycles. The van der Waals surface area contributed by atoms with Crippen LogP contribution >= 0.6 is 22.9 Å². The predicted molar refractivity (Wildman–Crippen MR) is 98.1 cm³/mol. The third kappa shape index (κ3) is 4.13. The molecule has 2 aromatic heterocycles. The van der Waals surface area contributed by atoms with Gasteiger partial charge < -0.3 is 9.52 Å². The Morgan fingerprint density at radius 1 is 1.16 bits per heavy atom. The minimum atomic E-state index is -3.70. The van der Waals surface area contributed by atoms with E-state index < -0.39 is 15.6 Å². The van der Waals surface area contributed by atoms with E-state index >= 15 is 0 Å². The van der Waals surface area contributed by atoms with Crippen molar-refractivity contribution >= 4 is 33.0 Å². The van der Waals surface area contributed by atoms with Gasteiger partial charge in [0.1, 0.15) is 5.76 Å². The fourth-order valence-electron chi connectivity index (χ4n) is 2.41. The molecular formula is C17H16ClNO4S2. The van der Waals surface area contributed by atoms with Crippen molar-refractivity contribution in [1.29, 1.82) is 0 Å². The Kier molecular flexibility index (Phi) is 5.31. The molecule has 0 amide bonds. The molecule has 0 bridgehead atoms. The molecule has 25 heavy (non-hydrogen) atoms. The molecule has 132 valence electrons. The van der Waals surface area contributed by atoms with Gasteiger partial charge in [0.15, 0.2) is 5.60 Å². The van der Waals surface area contributed by atoms with Gasteiger partial charge in [-0.3, -0.25) is 0 Å². The molecule has 0 spiro atoms. The van der Waals surface area contributed by atoms with Gasteiger partial charge in [-0.1, -0.05) is 35.9 Å². The fraction of sp³-hybridized carbons (Fsp3) is 0.176. The zero-order valence-electron chi connectivity index (χ0n) is 13.1. The molecule has 0 aliphatic heterocycles. The van der Waals surface area contributed by atoms with E-state index in [0.717, 1.165) is 0 Å². The van der Waals surface area contributed by atoms with Crippen LogP contribution in [0.4, 0.5) is 0 Å². The molecule has 5 nitrogen and oxygen atoms in total. The molecule has 3 rings (SSSR count). The molecule has 1 atom stereocenters. The highest BCUT2D eigenvalue weighted by Crippen LogP contribution is 2.33. The highest BCUT2D eigenvalue weighted by Gasteiger charge is 2.36. The lowest BCUT2D eigenvalue weighted by Crippen LogP contribution is -2.41. The number of hydrogen-bond acceptors (Lipinski definition) is 5. The minimum Gasteiger partial charge on any atom is -0.466 e. The number of rotatable bonds is 7. The van der Waals surface area contributed by atoms with Crippen LogP contribution < -0.4 is 4.72 Å². The summed E-state index contributed by atoms with van der Waals surface area (Å²) < 4.78 is 32.6. The Morgan fingerprint density at radius 2 is 1.96 bits per heavy atom. The number of sulfonamides is 1. The lowest BCUT2D eigenvalue weighted by molar-refractivity contribution is 0.0655. The summed E-state index contributed by atoms with van der Waals surface area (Å²) in [5.41, 5.74) is -1.08. The molecule has 2 N–H and O–H groups in total. The molecule has 0 aliphatic rings. The van der Waals surface area contributed by atoms with Crippen LogP contribution in [0.3, 0.4) is 0 Å². The summed E-state index contributed by atoms with van der Waals surface area (Å²) in [5.74, 6) is 0.00104. The van der Waals surface area contributed by atoms with Crippen LogP contribution in [0.5, 0.6) is 0 Å². The Morgan fingerprint density at radius 3 is 2.60 bits per heavy atom. The number of thiophene rings is 1. The van der Waals surface area contributed by atoms with Gasteiger partial charge in [0.05, 0.1) is 18.6 Å². The summed E-state index contributed by atoms with van der Waals surface area (Å²) in [6, 6.07) is 13.5. The second-order valence-electron chi connectivity index (χ2n) is 5.49. The van der Waals surface area contributed by atoms with E-state index in [1.165, 1.54) is 17.6 Å². The van der Waals surface area contributed by atoms with Crippen LogP contribution in [-0.4, -0.2) is 20.1 Å². The molecular weight excluding hydrogens is 382 g/mol. The largest absolute Gasteiger partial charge is 0.466 e. The van der Waals surface area contributed by atoms with Crippen molar-refractivity contribution in [3.8, 4) is 0 Å². The van der Waals surface area contributed by atoms with Gasteiger partial charge in [0, 0.05) is 9.90 Å². The third-order valence-electron chi connectivity index (χ3n) is 3.71. The summed E-state index contributed by atoms with van der Waals surface area (Å²) in [6.07, 6.45) is 1.44. The van der Waals surface area contributed by atoms with E-state index in [1.807, 2.05) is 5.38 Å². The van der Waals surface area contributed by atoms with Crippen molar-refractivity contribution in [2.75, 3.05) is 6.54 Å². The lowest BCUT2D eigenvalue weighted by atomic mass is 9.99. The summed E-state index contributed by atoms with van der Waals surface area (Å²) >= 11 is 7.35. The van der Waals surface area contributed by atoms with Gasteiger partial charge in [-0.2, -0.15) is 0 Å². The van der Waals surface area contributed by atoms with E-state index in [4.69, 9.17) is 16.0 Å². The number of halogens is 1. The predicted octanol–water partition coefficient (Wildman–Crippen LogP) is 3.35. The van der Waals surface area contributed by atoms with Crippen molar-refractivity contribution in [2.24, 2.45) is 0 Å². The summed E-state index contributed by atoms with van der Waals surface area (Å²) in [7, 11) is -3.70. The average Bonchev–Trinajstić information content (AvgIpc) is 3.28. The molecule has 0 saturated heterocycles. The Bertz CT molecular complexity index is 887. The number of aliphatic hydroxyl groups is 1. The van der Waals surface area contributed by atoms with E-state index in [9.17, 15) is 13.5 Å². The third-order valence-corrected chi connectivity index (χ3v) is 6.37. The number of furan rings is 1. The average molecular weight is 398 g/mol. The SMILES string of the molecule is O=S(=O)(Cc1ccccc1Cl)NC[C@@](O)(c1ccco1)c1cccs1. The van der Waals surface area contributed by atoms with Crippen molar-refractivity contribution in [1.82, 2.24) is 4.72 Å². The number of hydrogen-bond donors (Lipinski definition) is 2. The van der Waals surface area contributed by atoms with Gasteiger partial charge >= 0.3 is 0 Å². The standard InChI is InChI=1S/C17H16ClNO4S2/c18-14-6-2-1-5-13(14)11-25(21,22)19-12-17(20,15-7-3-9-23-15)16-8-4-10-24-16/h1-10,19-20H,11-12H2/t17-/m1/s1. The van der Waals surface area contributed by atoms with Crippen molar-refractivity contribution in [3.05, 3.63) is 81.4 Å². The van der Waals surface area contributed by atoms with E-state index in [0.29, 0.717) is 15.5 Å². The zero-order chi connectivity index (χ0) is 17.9. The quantitative estimate of drug-likeness (QED) is 0.640. The van der Waals surface area contributed by atoms with E-state index in [1.54, 1.807) is 48.5 Å². The fourth-order valence-corrected chi connectivity index (χ4v) is 4.71. The van der Waals surface area contributed by atoms with Gasteiger partial charge in [-0.05, 0) is 35.2 Å². The first kappa shape index (κ1) is 18.2. The van der Waals surface area contributed by atoms with Gasteiger partial charge in [-0.15, -0.1) is 11.3 Å². The maximum atomic E-state index is 12.4. The number of benzene rings is 1. The zero-order valence-corrected chi connectivity index (χ0v) is 15.4. The van der Waals surface area contributed by atoms with Gasteiger partial charge in [-0.25, -0.2) is 13.1 Å². The molecule has 8 heteroatoms. The van der Waals surface area contributed by atoms with Gasteiger partial charge in [0.2, 0.25) is 10.0 Å². The first-order chi connectivity index (χ1) is 11.9. The lowest BCUT2D eigenvalue weighted by Gasteiger charge is -2.25. The van der Waals surface area contributed by atoms with Crippen LogP contribution in [0.1, 0.15) is 16.2 Å². The van der Waals surface area contributed by atoms with Crippen LogP contribution in [0, 0.1) is 0 Å². The van der Waals surface area contributed by atoms with Crippen LogP contribution in [-0.2, 0) is 21.4 Å². The second kappa shape index (κ2) is 7.31. The molecule has 0 radical (unpaired) electrons. The van der Waals surface area contributed by atoms with Gasteiger partial charge in [0.25, 0.3) is 0 Å². The van der Waals surface area contributed by atoms with Crippen molar-refractivity contribution in [3.63, 3.8) is 0 Å². The smallest absolute Gasteiger partial charge is 0.215 e. The summed E-state index contributed by atoms with van der Waals surface area (Å²) in [4.78, 5) is 0.586. The first-order valence-electron chi connectivity index (χ1n) is 7.42. The van der Waals surface area contributed by atoms with E-state index in [-0.39, 0.29) is 18.1 Å². The van der Waals surface area contributed by atoms with Crippen molar-refractivity contribution in [2.45, 2.75) is 11.4 Å². The summed E-state index contributed by atoms with van der Waals surface area (Å²) in [6.45, 7) is -0.242. The maximum absolute atomic E-state index is 12.4. The molecule has 2 heterocycles. The topological polar surface area (TPSA) is 79.5 Å².